The number of hydrogen-bond acceptors (Lipinski definition) is 4. The highest BCUT2D eigenvalue weighted by Crippen LogP contribution is 2.23. The molecule has 1 N–H and O–H groups in total. The van der Waals surface area contributed by atoms with E-state index in [1.165, 1.54) is 0 Å². The van der Waals surface area contributed by atoms with Gasteiger partial charge in [0, 0.05) is 13.1 Å². The second-order valence-corrected chi connectivity index (χ2v) is 7.86. The van der Waals surface area contributed by atoms with E-state index in [2.05, 4.69) is 5.32 Å². The summed E-state index contributed by atoms with van der Waals surface area (Å²) in [6, 6.07) is 6.56. The molecular formula is C16H24N2O3S. The van der Waals surface area contributed by atoms with Gasteiger partial charge in [-0.15, -0.1) is 0 Å². The minimum Gasteiger partial charge on any atom is -0.338 e. The van der Waals surface area contributed by atoms with Gasteiger partial charge in [0.05, 0.1) is 16.2 Å². The Bertz CT molecular complexity index is 628. The standard InChI is InChI=1S/C16H24N2O3S/c1-3-10-22(20,21)15-7-5-4-6-14(15)16(19)18-9-8-13(12-18)11-17-2/h4-7,13,17H,3,8-12H2,1-2H3. The third kappa shape index (κ3) is 3.67. The smallest absolute Gasteiger partial charge is 0.255 e. The molecule has 1 unspecified atom stereocenters. The quantitative estimate of drug-likeness (QED) is 0.862. The molecule has 1 aromatic carbocycles. The van der Waals surface area contributed by atoms with Crippen LogP contribution in [0.2, 0.25) is 0 Å². The summed E-state index contributed by atoms with van der Waals surface area (Å²) in [6.45, 7) is 4.07. The molecule has 0 spiro atoms. The summed E-state index contributed by atoms with van der Waals surface area (Å²) < 4.78 is 24.7. The highest BCUT2D eigenvalue weighted by Gasteiger charge is 2.29. The fourth-order valence-corrected chi connectivity index (χ4v) is 4.47. The van der Waals surface area contributed by atoms with Crippen molar-refractivity contribution in [2.24, 2.45) is 5.92 Å². The number of rotatable bonds is 6. The van der Waals surface area contributed by atoms with Crippen LogP contribution < -0.4 is 5.32 Å². The number of benzene rings is 1. The molecule has 0 aromatic heterocycles. The number of nitrogens with one attached hydrogen (secondary N) is 1. The molecule has 1 fully saturated rings. The van der Waals surface area contributed by atoms with E-state index in [0.717, 1.165) is 13.0 Å². The lowest BCUT2D eigenvalue weighted by Crippen LogP contribution is -2.31. The first-order valence-electron chi connectivity index (χ1n) is 7.75. The number of carbonyl (C=O) groups is 1. The lowest BCUT2D eigenvalue weighted by Gasteiger charge is -2.18. The zero-order valence-electron chi connectivity index (χ0n) is 13.2. The second-order valence-electron chi connectivity index (χ2n) is 5.78. The van der Waals surface area contributed by atoms with Gasteiger partial charge in [0.25, 0.3) is 5.91 Å². The average Bonchev–Trinajstić information content (AvgIpc) is 2.95. The molecule has 0 bridgehead atoms. The first kappa shape index (κ1) is 17.0. The van der Waals surface area contributed by atoms with Crippen LogP contribution >= 0.6 is 0 Å². The SMILES string of the molecule is CCCS(=O)(=O)c1ccccc1C(=O)N1CCC(CNC)C1. The van der Waals surface area contributed by atoms with E-state index >= 15 is 0 Å². The van der Waals surface area contributed by atoms with Crippen molar-refractivity contribution in [1.29, 1.82) is 0 Å². The van der Waals surface area contributed by atoms with Crippen LogP contribution in [-0.2, 0) is 9.84 Å². The lowest BCUT2D eigenvalue weighted by molar-refractivity contribution is 0.0783. The molecule has 0 saturated carbocycles. The van der Waals surface area contributed by atoms with Gasteiger partial charge in [0.1, 0.15) is 0 Å². The maximum Gasteiger partial charge on any atom is 0.255 e. The van der Waals surface area contributed by atoms with E-state index < -0.39 is 9.84 Å². The van der Waals surface area contributed by atoms with Crippen molar-refractivity contribution in [3.8, 4) is 0 Å². The summed E-state index contributed by atoms with van der Waals surface area (Å²) in [5, 5.41) is 3.13. The molecule has 1 amide bonds. The van der Waals surface area contributed by atoms with Gasteiger partial charge >= 0.3 is 0 Å². The van der Waals surface area contributed by atoms with Crippen LogP contribution in [0.25, 0.3) is 0 Å². The van der Waals surface area contributed by atoms with Gasteiger partial charge in [-0.25, -0.2) is 8.42 Å². The Morgan fingerprint density at radius 3 is 2.77 bits per heavy atom. The summed E-state index contributed by atoms with van der Waals surface area (Å²) in [4.78, 5) is 14.6. The largest absolute Gasteiger partial charge is 0.338 e. The fourth-order valence-electron chi connectivity index (χ4n) is 2.94. The van der Waals surface area contributed by atoms with Gasteiger partial charge in [0.2, 0.25) is 0 Å². The van der Waals surface area contributed by atoms with Crippen LogP contribution in [0.4, 0.5) is 0 Å². The van der Waals surface area contributed by atoms with Crippen molar-refractivity contribution in [3.05, 3.63) is 29.8 Å². The van der Waals surface area contributed by atoms with Crippen LogP contribution in [0.3, 0.4) is 0 Å². The third-order valence-corrected chi connectivity index (χ3v) is 5.96. The topological polar surface area (TPSA) is 66.5 Å². The second kappa shape index (κ2) is 7.24. The number of amides is 1. The number of nitrogens with zero attached hydrogens (tertiary/aromatic N) is 1. The molecule has 6 heteroatoms. The van der Waals surface area contributed by atoms with E-state index in [4.69, 9.17) is 0 Å². The van der Waals surface area contributed by atoms with E-state index in [0.29, 0.717) is 31.0 Å². The summed E-state index contributed by atoms with van der Waals surface area (Å²) >= 11 is 0. The fraction of sp³-hybridized carbons (Fsp3) is 0.562. The van der Waals surface area contributed by atoms with Crippen LogP contribution in [-0.4, -0.2) is 51.7 Å². The predicted octanol–water partition coefficient (Wildman–Crippen LogP) is 1.55. The van der Waals surface area contributed by atoms with Crippen LogP contribution in [0.5, 0.6) is 0 Å². The molecule has 1 heterocycles. The highest BCUT2D eigenvalue weighted by molar-refractivity contribution is 7.91. The van der Waals surface area contributed by atoms with Crippen LogP contribution in [0.15, 0.2) is 29.2 Å². The normalized spacial score (nSPS) is 18.6. The molecular weight excluding hydrogens is 300 g/mol. The molecule has 0 radical (unpaired) electrons. The number of hydrogen-bond donors (Lipinski definition) is 1. The van der Waals surface area contributed by atoms with Gasteiger partial charge in [-0.05, 0) is 44.5 Å². The van der Waals surface area contributed by atoms with E-state index in [-0.39, 0.29) is 16.6 Å². The zero-order chi connectivity index (χ0) is 16.2. The first-order chi connectivity index (χ1) is 10.5. The molecule has 1 saturated heterocycles. The number of sulfone groups is 1. The monoisotopic (exact) mass is 324 g/mol. The molecule has 122 valence electrons. The molecule has 5 nitrogen and oxygen atoms in total. The Hall–Kier alpha value is -1.40. The molecule has 1 aliphatic heterocycles. The maximum absolute atomic E-state index is 12.7. The summed E-state index contributed by atoms with van der Waals surface area (Å²) in [6.07, 6.45) is 1.50. The van der Waals surface area contributed by atoms with Gasteiger partial charge < -0.3 is 10.2 Å². The lowest BCUT2D eigenvalue weighted by atomic mass is 10.1. The predicted molar refractivity (Wildman–Crippen MR) is 86.7 cm³/mol. The minimum atomic E-state index is -3.40. The average molecular weight is 324 g/mol. The zero-order valence-corrected chi connectivity index (χ0v) is 14.0. The molecule has 1 atom stereocenters. The van der Waals surface area contributed by atoms with E-state index in [1.807, 2.05) is 14.0 Å². The Morgan fingerprint density at radius 2 is 2.09 bits per heavy atom. The van der Waals surface area contributed by atoms with Crippen molar-refractivity contribution >= 4 is 15.7 Å². The van der Waals surface area contributed by atoms with Gasteiger partial charge in [-0.3, -0.25) is 4.79 Å². The van der Waals surface area contributed by atoms with Gasteiger partial charge in [0.15, 0.2) is 9.84 Å². The van der Waals surface area contributed by atoms with E-state index in [9.17, 15) is 13.2 Å². The maximum atomic E-state index is 12.7. The van der Waals surface area contributed by atoms with Crippen LogP contribution in [0.1, 0.15) is 30.1 Å². The summed E-state index contributed by atoms with van der Waals surface area (Å²) in [5.74, 6) is 0.335. The van der Waals surface area contributed by atoms with Crippen molar-refractivity contribution in [3.63, 3.8) is 0 Å². The minimum absolute atomic E-state index is 0.0691. The third-order valence-electron chi connectivity index (χ3n) is 3.99. The Morgan fingerprint density at radius 1 is 1.36 bits per heavy atom. The Kier molecular flexibility index (Phi) is 5.58. The highest BCUT2D eigenvalue weighted by atomic mass is 32.2. The molecule has 22 heavy (non-hydrogen) atoms. The molecule has 1 aromatic rings. The number of likely N-dealkylation sites (tertiary alicyclic amines) is 1. The van der Waals surface area contributed by atoms with E-state index in [1.54, 1.807) is 29.2 Å². The number of carbonyl (C=O) groups excluding carboxylic acids is 1. The molecule has 1 aliphatic rings. The summed E-state index contributed by atoms with van der Waals surface area (Å²) in [5.41, 5.74) is 0.307. The Balaban J connectivity index is 2.24. The molecule has 2 rings (SSSR count). The van der Waals surface area contributed by atoms with Crippen molar-refractivity contribution < 1.29 is 13.2 Å². The molecule has 0 aliphatic carbocycles. The first-order valence-corrected chi connectivity index (χ1v) is 9.40. The van der Waals surface area contributed by atoms with Gasteiger partial charge in [-0.1, -0.05) is 19.1 Å². The van der Waals surface area contributed by atoms with Crippen LogP contribution in [0, 0.1) is 5.92 Å². The van der Waals surface area contributed by atoms with Gasteiger partial charge in [-0.2, -0.15) is 0 Å². The van der Waals surface area contributed by atoms with Crippen molar-refractivity contribution in [2.75, 3.05) is 32.4 Å². The van der Waals surface area contributed by atoms with Crippen molar-refractivity contribution in [1.82, 2.24) is 10.2 Å². The Labute approximate surface area is 132 Å². The summed E-state index contributed by atoms with van der Waals surface area (Å²) in [7, 11) is -1.50. The van der Waals surface area contributed by atoms with Crippen molar-refractivity contribution in [2.45, 2.75) is 24.7 Å².